The van der Waals surface area contributed by atoms with E-state index in [1.54, 1.807) is 25.3 Å². The minimum Gasteiger partial charge on any atom is -0.496 e. The Morgan fingerprint density at radius 1 is 1.28 bits per heavy atom. The van der Waals surface area contributed by atoms with Gasteiger partial charge in [-0.2, -0.15) is 0 Å². The number of carbonyl (C=O) groups excluding carboxylic acids is 2. The topological polar surface area (TPSA) is 49.9 Å². The number of ether oxygens (including phenoxy) is 1. The first-order valence-corrected chi connectivity index (χ1v) is 9.40. The van der Waals surface area contributed by atoms with Crippen molar-refractivity contribution in [3.05, 3.63) is 28.8 Å². The normalized spacial score (nSPS) is 20.9. The number of nitrogens with zero attached hydrogens (tertiary/aromatic N) is 2. The molecule has 25 heavy (non-hydrogen) atoms. The number of halogens is 1. The number of hydrogen-bond donors (Lipinski definition) is 0. The lowest BCUT2D eigenvalue weighted by Crippen LogP contribution is -2.45. The molecule has 0 bridgehead atoms. The van der Waals surface area contributed by atoms with Crippen LogP contribution in [0.15, 0.2) is 18.2 Å². The summed E-state index contributed by atoms with van der Waals surface area (Å²) in [6, 6.07) is 5.31. The van der Waals surface area contributed by atoms with E-state index in [4.69, 9.17) is 16.3 Å². The monoisotopic (exact) mass is 364 g/mol. The third-order valence-corrected chi connectivity index (χ3v) is 5.42. The third-order valence-electron chi connectivity index (χ3n) is 5.19. The van der Waals surface area contributed by atoms with Crippen molar-refractivity contribution in [3.8, 4) is 5.75 Å². The molecular formula is C19H25ClN2O3. The van der Waals surface area contributed by atoms with Gasteiger partial charge in [0.15, 0.2) is 0 Å². The highest BCUT2D eigenvalue weighted by Crippen LogP contribution is 2.28. The van der Waals surface area contributed by atoms with E-state index in [1.165, 1.54) is 0 Å². The molecule has 2 amide bonds. The molecule has 0 spiro atoms. The van der Waals surface area contributed by atoms with Crippen LogP contribution in [0.25, 0.3) is 0 Å². The van der Waals surface area contributed by atoms with Gasteiger partial charge in [-0.05, 0) is 50.3 Å². The largest absolute Gasteiger partial charge is 0.496 e. The summed E-state index contributed by atoms with van der Waals surface area (Å²) >= 11 is 6.01. The van der Waals surface area contributed by atoms with Gasteiger partial charge in [-0.3, -0.25) is 9.59 Å². The quantitative estimate of drug-likeness (QED) is 0.805. The van der Waals surface area contributed by atoms with Crippen molar-refractivity contribution in [2.45, 2.75) is 44.6 Å². The average Bonchev–Trinajstić information content (AvgIpc) is 3.04. The maximum absolute atomic E-state index is 13.1. The number of hydrogen-bond acceptors (Lipinski definition) is 3. The molecule has 1 unspecified atom stereocenters. The van der Waals surface area contributed by atoms with Gasteiger partial charge in [0.2, 0.25) is 5.91 Å². The first-order chi connectivity index (χ1) is 12.1. The summed E-state index contributed by atoms with van der Waals surface area (Å²) in [4.78, 5) is 28.8. The fraction of sp³-hybridized carbons (Fsp3) is 0.579. The Labute approximate surface area is 153 Å². The van der Waals surface area contributed by atoms with E-state index in [0.717, 1.165) is 51.7 Å². The zero-order valence-corrected chi connectivity index (χ0v) is 15.4. The number of benzene rings is 1. The Balaban J connectivity index is 1.71. The highest BCUT2D eigenvalue weighted by atomic mass is 35.5. The predicted octanol–water partition coefficient (Wildman–Crippen LogP) is 3.36. The summed E-state index contributed by atoms with van der Waals surface area (Å²) in [5.74, 6) is 0.746. The highest BCUT2D eigenvalue weighted by Gasteiger charge is 2.30. The second-order valence-corrected chi connectivity index (χ2v) is 7.20. The van der Waals surface area contributed by atoms with Crippen molar-refractivity contribution in [3.63, 3.8) is 0 Å². The van der Waals surface area contributed by atoms with Crippen LogP contribution in [0.2, 0.25) is 5.02 Å². The molecular weight excluding hydrogens is 340 g/mol. The molecule has 1 aromatic rings. The molecule has 1 atom stereocenters. The Bertz CT molecular complexity index is 650. The lowest BCUT2D eigenvalue weighted by Gasteiger charge is -2.37. The van der Waals surface area contributed by atoms with Crippen LogP contribution in [0.3, 0.4) is 0 Å². The zero-order valence-electron chi connectivity index (χ0n) is 14.7. The second kappa shape index (κ2) is 8.09. The van der Waals surface area contributed by atoms with Crippen LogP contribution in [0, 0.1) is 0 Å². The molecule has 2 saturated heterocycles. The number of likely N-dealkylation sites (tertiary alicyclic amines) is 2. The minimum atomic E-state index is -0.00837. The third kappa shape index (κ3) is 4.09. The van der Waals surface area contributed by atoms with Crippen LogP contribution in [0.4, 0.5) is 0 Å². The van der Waals surface area contributed by atoms with E-state index < -0.39 is 0 Å². The van der Waals surface area contributed by atoms with Gasteiger partial charge < -0.3 is 14.5 Å². The van der Waals surface area contributed by atoms with Crippen molar-refractivity contribution in [1.29, 1.82) is 0 Å². The van der Waals surface area contributed by atoms with E-state index in [2.05, 4.69) is 0 Å². The fourth-order valence-corrected chi connectivity index (χ4v) is 3.97. The molecule has 2 aliphatic heterocycles. The molecule has 1 aromatic carbocycles. The van der Waals surface area contributed by atoms with Crippen molar-refractivity contribution in [1.82, 2.24) is 9.80 Å². The fourth-order valence-electron chi connectivity index (χ4n) is 3.81. The number of piperidine rings is 1. The number of carbonyl (C=O) groups is 2. The van der Waals surface area contributed by atoms with Gasteiger partial charge in [-0.15, -0.1) is 0 Å². The molecule has 2 aliphatic rings. The molecule has 3 rings (SSSR count). The summed E-state index contributed by atoms with van der Waals surface area (Å²) in [6.45, 7) is 2.35. The maximum Gasteiger partial charge on any atom is 0.257 e. The number of methoxy groups -OCH3 is 1. The van der Waals surface area contributed by atoms with Crippen LogP contribution in [-0.4, -0.2) is 54.4 Å². The van der Waals surface area contributed by atoms with Crippen LogP contribution in [0.5, 0.6) is 5.75 Å². The maximum atomic E-state index is 13.1. The first kappa shape index (κ1) is 18.1. The van der Waals surface area contributed by atoms with Crippen LogP contribution >= 0.6 is 11.6 Å². The molecule has 0 N–H and O–H groups in total. The number of rotatable bonds is 5. The van der Waals surface area contributed by atoms with E-state index in [1.807, 2.05) is 9.80 Å². The molecule has 0 saturated carbocycles. The van der Waals surface area contributed by atoms with Gasteiger partial charge in [-0.25, -0.2) is 0 Å². The Hall–Kier alpha value is -1.75. The molecule has 0 radical (unpaired) electrons. The predicted molar refractivity (Wildman–Crippen MR) is 97.1 cm³/mol. The second-order valence-electron chi connectivity index (χ2n) is 6.77. The van der Waals surface area contributed by atoms with Gasteiger partial charge in [0.1, 0.15) is 5.75 Å². The summed E-state index contributed by atoms with van der Waals surface area (Å²) in [5.41, 5.74) is 0.552. The minimum absolute atomic E-state index is 0.00837. The van der Waals surface area contributed by atoms with Crippen molar-refractivity contribution in [2.24, 2.45) is 0 Å². The van der Waals surface area contributed by atoms with Gasteiger partial charge in [0.05, 0.1) is 12.7 Å². The van der Waals surface area contributed by atoms with Gasteiger partial charge in [-0.1, -0.05) is 11.6 Å². The lowest BCUT2D eigenvalue weighted by atomic mass is 9.97. The van der Waals surface area contributed by atoms with Gasteiger partial charge in [0.25, 0.3) is 5.91 Å². The smallest absolute Gasteiger partial charge is 0.257 e. The SMILES string of the molecule is COc1cc(Cl)ccc1C(=O)N1CCCCC1CCN1CCCC1=O. The Morgan fingerprint density at radius 3 is 2.84 bits per heavy atom. The molecule has 2 fully saturated rings. The van der Waals surface area contributed by atoms with E-state index in [9.17, 15) is 9.59 Å². The van der Waals surface area contributed by atoms with Gasteiger partial charge >= 0.3 is 0 Å². The van der Waals surface area contributed by atoms with Crippen molar-refractivity contribution >= 4 is 23.4 Å². The molecule has 6 heteroatoms. The molecule has 0 aromatic heterocycles. The lowest BCUT2D eigenvalue weighted by molar-refractivity contribution is -0.127. The molecule has 136 valence electrons. The van der Waals surface area contributed by atoms with E-state index in [0.29, 0.717) is 22.8 Å². The van der Waals surface area contributed by atoms with Crippen LogP contribution in [-0.2, 0) is 4.79 Å². The molecule has 0 aliphatic carbocycles. The van der Waals surface area contributed by atoms with Gasteiger partial charge in [0, 0.05) is 37.1 Å². The first-order valence-electron chi connectivity index (χ1n) is 9.02. The van der Waals surface area contributed by atoms with Crippen LogP contribution in [0.1, 0.15) is 48.9 Å². The Morgan fingerprint density at radius 2 is 2.12 bits per heavy atom. The highest BCUT2D eigenvalue weighted by molar-refractivity contribution is 6.30. The molecule has 2 heterocycles. The summed E-state index contributed by atoms with van der Waals surface area (Å²) in [5, 5.41) is 0.552. The average molecular weight is 365 g/mol. The summed E-state index contributed by atoms with van der Waals surface area (Å²) in [7, 11) is 1.55. The number of amides is 2. The standard InChI is InChI=1S/C19H25ClN2O3/c1-25-17-13-14(20)7-8-16(17)19(24)22-11-3-2-5-15(22)9-12-21-10-4-6-18(21)23/h7-8,13,15H,2-6,9-12H2,1H3. The summed E-state index contributed by atoms with van der Waals surface area (Å²) in [6.07, 6.45) is 5.58. The van der Waals surface area contributed by atoms with Crippen molar-refractivity contribution < 1.29 is 14.3 Å². The Kier molecular flexibility index (Phi) is 5.84. The van der Waals surface area contributed by atoms with Crippen LogP contribution < -0.4 is 4.74 Å². The molecule has 5 nitrogen and oxygen atoms in total. The van der Waals surface area contributed by atoms with E-state index >= 15 is 0 Å². The summed E-state index contributed by atoms with van der Waals surface area (Å²) < 4.78 is 5.34. The van der Waals surface area contributed by atoms with Crippen molar-refractivity contribution in [2.75, 3.05) is 26.7 Å². The zero-order chi connectivity index (χ0) is 17.8. The van der Waals surface area contributed by atoms with E-state index in [-0.39, 0.29) is 17.9 Å².